The number of nitrogens with zero attached hydrogens (tertiary/aromatic N) is 5. The molecule has 9 rings (SSSR count). The number of nitrogen functional groups attached to an aromatic ring is 1. The monoisotopic (exact) mass is 508 g/mol. The van der Waals surface area contributed by atoms with Crippen LogP contribution < -0.4 is 10.5 Å². The summed E-state index contributed by atoms with van der Waals surface area (Å²) in [7, 11) is 0. The lowest BCUT2D eigenvalue weighted by Crippen LogP contribution is -2.12. The van der Waals surface area contributed by atoms with E-state index in [1.54, 1.807) is 6.07 Å². The highest BCUT2D eigenvalue weighted by Gasteiger charge is 2.57. The molecule has 38 heavy (non-hydrogen) atoms. The number of hydrogen-bond acceptors (Lipinski definition) is 5. The molecule has 1 spiro atoms. The highest BCUT2D eigenvalue weighted by Crippen LogP contribution is 2.65. The van der Waals surface area contributed by atoms with Crippen LogP contribution in [0.1, 0.15) is 98.4 Å². The fourth-order valence-corrected chi connectivity index (χ4v) is 6.90. The Morgan fingerprint density at radius 3 is 2.63 bits per heavy atom. The molecule has 1 unspecified atom stereocenters. The van der Waals surface area contributed by atoms with Gasteiger partial charge >= 0.3 is 0 Å². The number of halogens is 1. The third kappa shape index (κ3) is 2.91. The predicted octanol–water partition coefficient (Wildman–Crippen LogP) is 6.22. The van der Waals surface area contributed by atoms with E-state index in [-0.39, 0.29) is 17.2 Å². The molecular weight excluding hydrogens is 479 g/mol. The van der Waals surface area contributed by atoms with Gasteiger partial charge in [0, 0.05) is 51.5 Å². The number of benzene rings is 1. The van der Waals surface area contributed by atoms with Crippen LogP contribution in [0.5, 0.6) is 5.75 Å². The summed E-state index contributed by atoms with van der Waals surface area (Å²) in [6.45, 7) is 1.94. The summed E-state index contributed by atoms with van der Waals surface area (Å²) in [4.78, 5) is 4.56. The Labute approximate surface area is 219 Å². The van der Waals surface area contributed by atoms with Crippen molar-refractivity contribution in [3.63, 3.8) is 0 Å². The van der Waals surface area contributed by atoms with Crippen molar-refractivity contribution in [2.24, 2.45) is 0 Å². The van der Waals surface area contributed by atoms with E-state index in [9.17, 15) is 4.39 Å². The van der Waals surface area contributed by atoms with Gasteiger partial charge in [0.2, 0.25) is 0 Å². The van der Waals surface area contributed by atoms with Crippen molar-refractivity contribution in [2.75, 3.05) is 5.73 Å². The maximum Gasteiger partial charge on any atom is 0.166 e. The van der Waals surface area contributed by atoms with Gasteiger partial charge in [0.05, 0.1) is 29.2 Å². The molecule has 2 atom stereocenters. The molecule has 8 heteroatoms. The van der Waals surface area contributed by atoms with Crippen LogP contribution in [0.2, 0.25) is 0 Å². The van der Waals surface area contributed by atoms with Crippen LogP contribution in [0.4, 0.5) is 10.2 Å². The van der Waals surface area contributed by atoms with Gasteiger partial charge in [-0.2, -0.15) is 10.2 Å². The standard InChI is InChI=1S/C30H29FN6O/c1-15-21-11-17(31)2-7-20(21)26-23(14-36(34-26)18-3-4-18)22-12-30(8-9-30)28-25(22)27(37(35-28)19-5-6-19)16-10-24(38-15)29(32)33-13-16/h2,7,10-11,13-15,18-19,22H,3-6,8-9,12H2,1H3,(H2,32,33)/t15-,22?/m1/s1. The number of ether oxygens (including phenoxy) is 1. The Kier molecular flexibility index (Phi) is 3.94. The van der Waals surface area contributed by atoms with Crippen LogP contribution >= 0.6 is 0 Å². The Hall–Kier alpha value is -3.68. The van der Waals surface area contributed by atoms with E-state index < -0.39 is 6.10 Å². The van der Waals surface area contributed by atoms with E-state index in [0.29, 0.717) is 23.7 Å². The Bertz CT molecular complexity index is 1660. The molecule has 3 saturated carbocycles. The number of aromatic nitrogens is 5. The summed E-state index contributed by atoms with van der Waals surface area (Å²) < 4.78 is 25.5. The Balaban J connectivity index is 1.38. The molecule has 1 aliphatic heterocycles. The topological polar surface area (TPSA) is 83.8 Å². The molecule has 1 aromatic carbocycles. The largest absolute Gasteiger partial charge is 0.482 e. The molecule has 4 heterocycles. The third-order valence-corrected chi connectivity index (χ3v) is 9.36. The minimum Gasteiger partial charge on any atom is -0.482 e. The van der Waals surface area contributed by atoms with Crippen LogP contribution in [0, 0.1) is 5.82 Å². The molecule has 5 aliphatic rings. The number of nitrogens with two attached hydrogens (primary N) is 1. The SMILES string of the molecule is C[C@H]1Oc2cc(cnc2N)-c2c3c(nn2C2CC2)C2(CC2)CC3c2cn(C3CC3)nc2-c2ccc(F)cc21. The van der Waals surface area contributed by atoms with Crippen molar-refractivity contribution < 1.29 is 9.13 Å². The first-order valence-electron chi connectivity index (χ1n) is 13.9. The van der Waals surface area contributed by atoms with Gasteiger partial charge in [-0.25, -0.2) is 9.37 Å². The molecule has 3 fully saturated rings. The van der Waals surface area contributed by atoms with E-state index in [4.69, 9.17) is 20.7 Å². The third-order valence-electron chi connectivity index (χ3n) is 9.36. The summed E-state index contributed by atoms with van der Waals surface area (Å²) in [6.07, 6.45) is 11.7. The molecule has 7 nitrogen and oxygen atoms in total. The molecule has 0 radical (unpaired) electrons. The van der Waals surface area contributed by atoms with Crippen molar-refractivity contribution in [3.05, 3.63) is 64.9 Å². The second kappa shape index (κ2) is 7.04. The number of anilines is 1. The summed E-state index contributed by atoms with van der Waals surface area (Å²) in [5, 5.41) is 10.5. The molecule has 4 aromatic rings. The number of fused-ring (bicyclic) bond motifs is 8. The van der Waals surface area contributed by atoms with Crippen molar-refractivity contribution in [1.82, 2.24) is 24.5 Å². The van der Waals surface area contributed by atoms with Gasteiger partial charge < -0.3 is 10.5 Å². The Morgan fingerprint density at radius 1 is 1.05 bits per heavy atom. The summed E-state index contributed by atoms with van der Waals surface area (Å²) >= 11 is 0. The second-order valence-electron chi connectivity index (χ2n) is 12.1. The van der Waals surface area contributed by atoms with Gasteiger partial charge in [0.25, 0.3) is 0 Å². The smallest absolute Gasteiger partial charge is 0.166 e. The zero-order valence-electron chi connectivity index (χ0n) is 21.3. The van der Waals surface area contributed by atoms with E-state index in [0.717, 1.165) is 60.2 Å². The highest BCUT2D eigenvalue weighted by molar-refractivity contribution is 5.76. The molecule has 3 aromatic heterocycles. The lowest BCUT2D eigenvalue weighted by molar-refractivity contribution is 0.227. The second-order valence-corrected chi connectivity index (χ2v) is 12.1. The van der Waals surface area contributed by atoms with Gasteiger partial charge in [-0.05, 0) is 76.1 Å². The van der Waals surface area contributed by atoms with Crippen molar-refractivity contribution in [2.45, 2.75) is 81.4 Å². The van der Waals surface area contributed by atoms with E-state index in [2.05, 4.69) is 20.5 Å². The zero-order valence-corrected chi connectivity index (χ0v) is 21.3. The van der Waals surface area contributed by atoms with E-state index >= 15 is 0 Å². The van der Waals surface area contributed by atoms with Gasteiger partial charge in [0.15, 0.2) is 11.6 Å². The fraction of sp³-hybridized carbons (Fsp3) is 0.433. The number of rotatable bonds is 2. The van der Waals surface area contributed by atoms with Crippen LogP contribution in [-0.2, 0) is 5.41 Å². The number of pyridine rings is 1. The van der Waals surface area contributed by atoms with Gasteiger partial charge in [-0.15, -0.1) is 0 Å². The van der Waals surface area contributed by atoms with Gasteiger partial charge in [-0.3, -0.25) is 9.36 Å². The summed E-state index contributed by atoms with van der Waals surface area (Å²) in [5.41, 5.74) is 15.1. The van der Waals surface area contributed by atoms with Crippen LogP contribution in [0.25, 0.3) is 22.5 Å². The Morgan fingerprint density at radius 2 is 1.87 bits per heavy atom. The zero-order chi connectivity index (χ0) is 25.3. The highest BCUT2D eigenvalue weighted by atomic mass is 19.1. The lowest BCUT2D eigenvalue weighted by atomic mass is 9.87. The quantitative estimate of drug-likeness (QED) is 0.348. The lowest BCUT2D eigenvalue weighted by Gasteiger charge is -2.22. The van der Waals surface area contributed by atoms with Crippen LogP contribution in [0.15, 0.2) is 36.7 Å². The predicted molar refractivity (Wildman–Crippen MR) is 140 cm³/mol. The average molecular weight is 509 g/mol. The molecule has 2 bridgehead atoms. The molecule has 0 amide bonds. The van der Waals surface area contributed by atoms with Gasteiger partial charge in [0.1, 0.15) is 11.9 Å². The van der Waals surface area contributed by atoms with E-state index in [1.165, 1.54) is 35.7 Å². The first-order valence-corrected chi connectivity index (χ1v) is 13.9. The first-order chi connectivity index (χ1) is 18.5. The first kappa shape index (κ1) is 21.3. The summed E-state index contributed by atoms with van der Waals surface area (Å²) in [5.74, 6) is 0.732. The molecule has 2 N–H and O–H groups in total. The van der Waals surface area contributed by atoms with Crippen LogP contribution in [-0.4, -0.2) is 24.5 Å². The molecule has 192 valence electrons. The van der Waals surface area contributed by atoms with Crippen molar-refractivity contribution >= 4 is 5.82 Å². The molecular formula is C30H29FN6O. The normalized spacial score (nSPS) is 24.2. The maximum absolute atomic E-state index is 14.7. The average Bonchev–Trinajstić information content (AvgIpc) is 3.84. The fourth-order valence-electron chi connectivity index (χ4n) is 6.90. The van der Waals surface area contributed by atoms with Gasteiger partial charge in [-0.1, -0.05) is 0 Å². The minimum atomic E-state index is -0.444. The number of hydrogen-bond donors (Lipinski definition) is 1. The summed E-state index contributed by atoms with van der Waals surface area (Å²) in [6, 6.07) is 7.87. The van der Waals surface area contributed by atoms with Crippen molar-refractivity contribution in [3.8, 4) is 28.3 Å². The minimum absolute atomic E-state index is 0.146. The van der Waals surface area contributed by atoms with E-state index in [1.807, 2.05) is 25.3 Å². The van der Waals surface area contributed by atoms with Crippen molar-refractivity contribution in [1.29, 1.82) is 0 Å². The molecule has 4 aliphatic carbocycles. The maximum atomic E-state index is 14.7. The van der Waals surface area contributed by atoms with Crippen LogP contribution in [0.3, 0.4) is 0 Å². The molecule has 0 saturated heterocycles.